The lowest BCUT2D eigenvalue weighted by molar-refractivity contribution is -0.125. The van der Waals surface area contributed by atoms with Crippen LogP contribution in [0.15, 0.2) is 12.1 Å². The molecule has 2 fully saturated rings. The van der Waals surface area contributed by atoms with Gasteiger partial charge in [0.05, 0.1) is 6.54 Å². The maximum absolute atomic E-state index is 12.2. The number of carbonyl (C=O) groups is 1. The number of nitrogens with one attached hydrogen (secondary N) is 3. The largest absolute Gasteiger partial charge is 0.355 e. The molecule has 2 aromatic heterocycles. The Hall–Kier alpha value is -2.39. The number of H-pyrrole nitrogens is 1. The topological polar surface area (TPSA) is 102 Å². The molecule has 0 aromatic carbocycles. The van der Waals surface area contributed by atoms with Crippen molar-refractivity contribution in [2.75, 3.05) is 30.4 Å². The van der Waals surface area contributed by atoms with Gasteiger partial charge in [-0.25, -0.2) is 4.98 Å². The van der Waals surface area contributed by atoms with Gasteiger partial charge in [0, 0.05) is 49.5 Å². The number of anilines is 3. The van der Waals surface area contributed by atoms with Gasteiger partial charge in [0.25, 0.3) is 0 Å². The van der Waals surface area contributed by atoms with Crippen molar-refractivity contribution in [2.45, 2.75) is 64.1 Å². The van der Waals surface area contributed by atoms with Gasteiger partial charge in [-0.2, -0.15) is 10.1 Å². The number of piperidine rings is 2. The van der Waals surface area contributed by atoms with E-state index in [1.165, 1.54) is 6.42 Å². The molecule has 4 rings (SSSR count). The number of halogens is 1. The van der Waals surface area contributed by atoms with Gasteiger partial charge in [0.15, 0.2) is 5.82 Å². The number of hydrogen-bond donors (Lipinski definition) is 3. The SMILES string of the molecule is CCNC(=O)CN1[C@@H]2CCC[C@H]1C[C@H](N(C)c1nc(Cl)cc(Nc3cc(C)[nH]n3)n1)C2. The number of aromatic amines is 1. The minimum Gasteiger partial charge on any atom is -0.355 e. The predicted molar refractivity (Wildman–Crippen MR) is 122 cm³/mol. The Morgan fingerprint density at radius 3 is 2.65 bits per heavy atom. The van der Waals surface area contributed by atoms with Crippen LogP contribution in [-0.2, 0) is 4.79 Å². The minimum atomic E-state index is 0.119. The summed E-state index contributed by atoms with van der Waals surface area (Å²) in [6, 6.07) is 4.73. The van der Waals surface area contributed by atoms with Gasteiger partial charge in [-0.1, -0.05) is 18.0 Å². The minimum absolute atomic E-state index is 0.119. The highest BCUT2D eigenvalue weighted by Gasteiger charge is 2.40. The Kier molecular flexibility index (Phi) is 6.62. The zero-order chi connectivity index (χ0) is 22.0. The molecule has 9 nitrogen and oxygen atoms in total. The van der Waals surface area contributed by atoms with Crippen LogP contribution in [0.2, 0.25) is 5.15 Å². The molecule has 0 unspecified atom stereocenters. The van der Waals surface area contributed by atoms with E-state index < -0.39 is 0 Å². The van der Waals surface area contributed by atoms with Crippen molar-refractivity contribution >= 4 is 35.1 Å². The van der Waals surface area contributed by atoms with E-state index in [0.29, 0.717) is 54.0 Å². The van der Waals surface area contributed by atoms with Gasteiger partial charge in [-0.15, -0.1) is 0 Å². The van der Waals surface area contributed by atoms with Crippen molar-refractivity contribution in [3.63, 3.8) is 0 Å². The molecule has 1 amide bonds. The second-order valence-corrected chi connectivity index (χ2v) is 8.92. The molecule has 2 bridgehead atoms. The van der Waals surface area contributed by atoms with Crippen molar-refractivity contribution in [1.82, 2.24) is 30.4 Å². The summed E-state index contributed by atoms with van der Waals surface area (Å²) in [5, 5.41) is 13.6. The van der Waals surface area contributed by atoms with Crippen LogP contribution in [0.25, 0.3) is 0 Å². The highest BCUT2D eigenvalue weighted by Crippen LogP contribution is 2.36. The lowest BCUT2D eigenvalue weighted by Crippen LogP contribution is -2.58. The monoisotopic (exact) mass is 446 g/mol. The lowest BCUT2D eigenvalue weighted by Gasteiger charge is -2.50. The third-order valence-electron chi connectivity index (χ3n) is 6.31. The molecule has 3 atom stereocenters. The number of nitrogens with zero attached hydrogens (tertiary/aromatic N) is 5. The average molecular weight is 447 g/mol. The molecule has 3 N–H and O–H groups in total. The number of aromatic nitrogens is 4. The van der Waals surface area contributed by atoms with E-state index in [0.717, 1.165) is 31.4 Å². The maximum Gasteiger partial charge on any atom is 0.234 e. The Morgan fingerprint density at radius 2 is 2.00 bits per heavy atom. The van der Waals surface area contributed by atoms with Crippen LogP contribution in [-0.4, -0.2) is 69.2 Å². The van der Waals surface area contributed by atoms with Crippen molar-refractivity contribution < 1.29 is 4.79 Å². The zero-order valence-corrected chi connectivity index (χ0v) is 19.1. The average Bonchev–Trinajstić information content (AvgIpc) is 3.11. The summed E-state index contributed by atoms with van der Waals surface area (Å²) >= 11 is 6.31. The molecule has 0 spiro atoms. The number of hydrogen-bond acceptors (Lipinski definition) is 7. The van der Waals surface area contributed by atoms with E-state index >= 15 is 0 Å². The van der Waals surface area contributed by atoms with E-state index in [1.54, 1.807) is 6.07 Å². The van der Waals surface area contributed by atoms with Crippen LogP contribution in [0.4, 0.5) is 17.6 Å². The van der Waals surface area contributed by atoms with Gasteiger partial charge >= 0.3 is 0 Å². The van der Waals surface area contributed by atoms with Crippen molar-refractivity contribution in [3.8, 4) is 0 Å². The van der Waals surface area contributed by atoms with Crippen LogP contribution < -0.4 is 15.5 Å². The van der Waals surface area contributed by atoms with Crippen LogP contribution in [0.3, 0.4) is 0 Å². The zero-order valence-electron chi connectivity index (χ0n) is 18.4. The summed E-state index contributed by atoms with van der Waals surface area (Å²) < 4.78 is 0. The fraction of sp³-hybridized carbons (Fsp3) is 0.619. The predicted octanol–water partition coefficient (Wildman–Crippen LogP) is 2.86. The summed E-state index contributed by atoms with van der Waals surface area (Å²) in [6.07, 6.45) is 5.46. The van der Waals surface area contributed by atoms with Crippen LogP contribution in [0.5, 0.6) is 0 Å². The molecule has 2 saturated heterocycles. The standard InChI is InChI=1S/C21H31ClN8O/c1-4-23-20(31)12-30-14-6-5-7-15(30)10-16(9-14)29(3)21-24-17(22)11-18(26-21)25-19-8-13(2)27-28-19/h8,11,14-16H,4-7,9-10,12H2,1-3H3,(H,23,31)(H2,24,25,26,27,28)/t14-,15+,16-. The third kappa shape index (κ3) is 5.10. The van der Waals surface area contributed by atoms with E-state index in [4.69, 9.17) is 11.6 Å². The summed E-state index contributed by atoms with van der Waals surface area (Å²) in [5.41, 5.74) is 0.964. The van der Waals surface area contributed by atoms with E-state index in [9.17, 15) is 4.79 Å². The molecule has 2 aliphatic rings. The number of carbonyl (C=O) groups excluding carboxylic acids is 1. The summed E-state index contributed by atoms with van der Waals surface area (Å²) in [6.45, 7) is 5.07. The van der Waals surface area contributed by atoms with Crippen molar-refractivity contribution in [3.05, 3.63) is 23.0 Å². The number of rotatable bonds is 7. The third-order valence-corrected chi connectivity index (χ3v) is 6.50. The summed E-state index contributed by atoms with van der Waals surface area (Å²) in [5.74, 6) is 2.02. The van der Waals surface area contributed by atoms with Gasteiger partial charge in [-0.05, 0) is 39.5 Å². The first-order valence-corrected chi connectivity index (χ1v) is 11.4. The molecule has 2 aromatic rings. The van der Waals surface area contributed by atoms with Gasteiger partial charge in [0.2, 0.25) is 11.9 Å². The fourth-order valence-electron chi connectivity index (χ4n) is 4.85. The smallest absolute Gasteiger partial charge is 0.234 e. The van der Waals surface area contributed by atoms with Crippen LogP contribution in [0, 0.1) is 6.92 Å². The normalized spacial score (nSPS) is 23.4. The highest BCUT2D eigenvalue weighted by atomic mass is 35.5. The van der Waals surface area contributed by atoms with Gasteiger partial charge < -0.3 is 15.5 Å². The van der Waals surface area contributed by atoms with Crippen molar-refractivity contribution in [2.24, 2.45) is 0 Å². The van der Waals surface area contributed by atoms with E-state index in [1.807, 2.05) is 27.0 Å². The summed E-state index contributed by atoms with van der Waals surface area (Å²) in [4.78, 5) is 25.9. The molecule has 0 aliphatic carbocycles. The number of aryl methyl sites for hydroxylation is 1. The van der Waals surface area contributed by atoms with Crippen LogP contribution in [0.1, 0.15) is 44.7 Å². The second kappa shape index (κ2) is 9.40. The first-order valence-electron chi connectivity index (χ1n) is 11.0. The molecular weight excluding hydrogens is 416 g/mol. The lowest BCUT2D eigenvalue weighted by atomic mass is 9.81. The fourth-order valence-corrected chi connectivity index (χ4v) is 5.03. The molecule has 31 heavy (non-hydrogen) atoms. The molecule has 2 aliphatic heterocycles. The molecule has 0 saturated carbocycles. The highest BCUT2D eigenvalue weighted by molar-refractivity contribution is 6.29. The number of fused-ring (bicyclic) bond motifs is 2. The Labute approximate surface area is 188 Å². The first kappa shape index (κ1) is 21.8. The van der Waals surface area contributed by atoms with E-state index in [2.05, 4.69) is 40.6 Å². The molecule has 10 heteroatoms. The van der Waals surface area contributed by atoms with Crippen molar-refractivity contribution in [1.29, 1.82) is 0 Å². The summed E-state index contributed by atoms with van der Waals surface area (Å²) in [7, 11) is 2.04. The maximum atomic E-state index is 12.2. The van der Waals surface area contributed by atoms with E-state index in [-0.39, 0.29) is 5.91 Å². The Bertz CT molecular complexity index is 905. The molecule has 0 radical (unpaired) electrons. The molecule has 168 valence electrons. The van der Waals surface area contributed by atoms with Gasteiger partial charge in [-0.3, -0.25) is 14.8 Å². The Morgan fingerprint density at radius 1 is 1.26 bits per heavy atom. The molecular formula is C21H31ClN8O. The second-order valence-electron chi connectivity index (χ2n) is 8.54. The number of likely N-dealkylation sites (N-methyl/N-ethyl adjacent to an activating group) is 1. The first-order chi connectivity index (χ1) is 14.9. The molecule has 4 heterocycles. The van der Waals surface area contributed by atoms with Crippen LogP contribution >= 0.6 is 11.6 Å². The number of amides is 1. The Balaban J connectivity index is 1.47. The quantitative estimate of drug-likeness (QED) is 0.562. The van der Waals surface area contributed by atoms with Gasteiger partial charge in [0.1, 0.15) is 11.0 Å².